The summed E-state index contributed by atoms with van der Waals surface area (Å²) in [7, 11) is 1.65. The first kappa shape index (κ1) is 19.8. The van der Waals surface area contributed by atoms with E-state index in [9.17, 15) is 0 Å². The third kappa shape index (κ3) is 4.74. The van der Waals surface area contributed by atoms with E-state index in [1.165, 1.54) is 5.56 Å². The van der Waals surface area contributed by atoms with Gasteiger partial charge in [-0.3, -0.25) is 0 Å². The predicted octanol–water partition coefficient (Wildman–Crippen LogP) is 5.40. The van der Waals surface area contributed by atoms with E-state index in [2.05, 4.69) is 29.7 Å². The van der Waals surface area contributed by atoms with Gasteiger partial charge in [0.25, 0.3) is 0 Å². The molecule has 0 amide bonds. The van der Waals surface area contributed by atoms with E-state index in [1.807, 2.05) is 54.6 Å². The molecule has 4 aromatic rings. The molecule has 5 heteroatoms. The van der Waals surface area contributed by atoms with Crippen LogP contribution in [0.2, 0.25) is 0 Å². The Kier molecular flexibility index (Phi) is 6.18. The molecule has 0 aliphatic heterocycles. The van der Waals surface area contributed by atoms with Crippen LogP contribution in [0.25, 0.3) is 11.0 Å². The van der Waals surface area contributed by atoms with Gasteiger partial charge in [0.05, 0.1) is 24.8 Å². The van der Waals surface area contributed by atoms with Gasteiger partial charge in [-0.05, 0) is 55.3 Å². The Labute approximate surface area is 176 Å². The van der Waals surface area contributed by atoms with Crippen LogP contribution in [0, 0.1) is 6.92 Å². The standard InChI is InChI=1S/C25H26N2O3/c1-19-8-5-10-21(16-19)29-15-7-14-27-24-13-4-3-12-23(24)26-25(27)18-30-22-11-6-9-20(17-22)28-2/h3-6,8-13,16-17H,7,14-15,18H2,1-2H3. The van der Waals surface area contributed by atoms with Crippen molar-refractivity contribution in [3.05, 3.63) is 84.2 Å². The lowest BCUT2D eigenvalue weighted by atomic mass is 10.2. The smallest absolute Gasteiger partial charge is 0.147 e. The molecule has 0 unspecified atom stereocenters. The highest BCUT2D eigenvalue weighted by atomic mass is 16.5. The lowest BCUT2D eigenvalue weighted by molar-refractivity contribution is 0.279. The van der Waals surface area contributed by atoms with Crippen molar-refractivity contribution in [2.75, 3.05) is 13.7 Å². The fraction of sp³-hybridized carbons (Fsp3) is 0.240. The molecule has 5 nitrogen and oxygen atoms in total. The van der Waals surface area contributed by atoms with Crippen LogP contribution in [0.5, 0.6) is 17.2 Å². The van der Waals surface area contributed by atoms with Gasteiger partial charge in [0.1, 0.15) is 29.7 Å². The molecule has 154 valence electrons. The van der Waals surface area contributed by atoms with Gasteiger partial charge in [0.2, 0.25) is 0 Å². The van der Waals surface area contributed by atoms with E-state index < -0.39 is 0 Å². The molecule has 0 saturated carbocycles. The van der Waals surface area contributed by atoms with E-state index in [4.69, 9.17) is 19.2 Å². The van der Waals surface area contributed by atoms with Crippen molar-refractivity contribution < 1.29 is 14.2 Å². The van der Waals surface area contributed by atoms with Crippen LogP contribution in [0.1, 0.15) is 17.8 Å². The lowest BCUT2D eigenvalue weighted by Gasteiger charge is -2.12. The van der Waals surface area contributed by atoms with Gasteiger partial charge in [-0.1, -0.05) is 30.3 Å². The summed E-state index contributed by atoms with van der Waals surface area (Å²) in [5, 5.41) is 0. The number of aromatic nitrogens is 2. The summed E-state index contributed by atoms with van der Waals surface area (Å²) < 4.78 is 19.4. The maximum Gasteiger partial charge on any atom is 0.147 e. The number of fused-ring (bicyclic) bond motifs is 1. The zero-order valence-electron chi connectivity index (χ0n) is 17.4. The van der Waals surface area contributed by atoms with Crippen molar-refractivity contribution in [3.8, 4) is 17.2 Å². The molecule has 0 bridgehead atoms. The van der Waals surface area contributed by atoms with Crippen LogP contribution >= 0.6 is 0 Å². The summed E-state index contributed by atoms with van der Waals surface area (Å²) in [4.78, 5) is 4.78. The SMILES string of the molecule is COc1cccc(OCc2nc3ccccc3n2CCCOc2cccc(C)c2)c1. The van der Waals surface area contributed by atoms with Crippen LogP contribution in [0.4, 0.5) is 0 Å². The minimum absolute atomic E-state index is 0.389. The zero-order valence-corrected chi connectivity index (χ0v) is 17.4. The summed E-state index contributed by atoms with van der Waals surface area (Å²) in [6, 6.07) is 23.9. The summed E-state index contributed by atoms with van der Waals surface area (Å²) in [6.07, 6.45) is 0.875. The number of ether oxygens (including phenoxy) is 3. The number of aryl methyl sites for hydroxylation is 2. The van der Waals surface area contributed by atoms with E-state index >= 15 is 0 Å². The molecule has 4 rings (SSSR count). The molecule has 3 aromatic carbocycles. The molecule has 0 N–H and O–H groups in total. The van der Waals surface area contributed by atoms with E-state index in [0.29, 0.717) is 13.2 Å². The van der Waals surface area contributed by atoms with Crippen molar-refractivity contribution in [2.45, 2.75) is 26.5 Å². The Morgan fingerprint density at radius 2 is 1.60 bits per heavy atom. The molecular formula is C25H26N2O3. The summed E-state index contributed by atoms with van der Waals surface area (Å²) in [5.41, 5.74) is 3.28. The second-order valence-electron chi connectivity index (χ2n) is 7.15. The van der Waals surface area contributed by atoms with Crippen molar-refractivity contribution in [2.24, 2.45) is 0 Å². The monoisotopic (exact) mass is 402 g/mol. The van der Waals surface area contributed by atoms with Gasteiger partial charge in [-0.2, -0.15) is 0 Å². The number of rotatable bonds is 9. The first-order valence-electron chi connectivity index (χ1n) is 10.1. The van der Waals surface area contributed by atoms with Crippen molar-refractivity contribution in [1.82, 2.24) is 9.55 Å². The number of imidazole rings is 1. The molecule has 0 radical (unpaired) electrons. The quantitative estimate of drug-likeness (QED) is 0.352. The first-order chi connectivity index (χ1) is 14.7. The molecule has 0 saturated heterocycles. The minimum Gasteiger partial charge on any atom is -0.497 e. The van der Waals surface area contributed by atoms with Gasteiger partial charge in [0.15, 0.2) is 0 Å². The highest BCUT2D eigenvalue weighted by Crippen LogP contribution is 2.22. The van der Waals surface area contributed by atoms with E-state index in [0.717, 1.165) is 47.1 Å². The summed E-state index contributed by atoms with van der Waals surface area (Å²) in [5.74, 6) is 3.34. The molecule has 1 aromatic heterocycles. The maximum absolute atomic E-state index is 6.00. The Bertz CT molecular complexity index is 1120. The minimum atomic E-state index is 0.389. The van der Waals surface area contributed by atoms with E-state index in [1.54, 1.807) is 7.11 Å². The molecule has 0 atom stereocenters. The van der Waals surface area contributed by atoms with Crippen LogP contribution in [0.3, 0.4) is 0 Å². The number of nitrogens with zero attached hydrogens (tertiary/aromatic N) is 2. The molecule has 0 aliphatic carbocycles. The van der Waals surface area contributed by atoms with Gasteiger partial charge in [-0.15, -0.1) is 0 Å². The van der Waals surface area contributed by atoms with Crippen LogP contribution in [-0.2, 0) is 13.2 Å². The van der Waals surface area contributed by atoms with Gasteiger partial charge >= 0.3 is 0 Å². The fourth-order valence-electron chi connectivity index (χ4n) is 3.44. The van der Waals surface area contributed by atoms with Gasteiger partial charge in [0, 0.05) is 12.6 Å². The number of benzene rings is 3. The Morgan fingerprint density at radius 1 is 0.833 bits per heavy atom. The number of para-hydroxylation sites is 2. The molecule has 1 heterocycles. The number of methoxy groups -OCH3 is 1. The summed E-state index contributed by atoms with van der Waals surface area (Å²) in [6.45, 7) is 3.91. The number of hydrogen-bond acceptors (Lipinski definition) is 4. The average molecular weight is 402 g/mol. The number of hydrogen-bond donors (Lipinski definition) is 0. The fourth-order valence-corrected chi connectivity index (χ4v) is 3.44. The van der Waals surface area contributed by atoms with E-state index in [-0.39, 0.29) is 0 Å². The Morgan fingerprint density at radius 3 is 2.43 bits per heavy atom. The molecule has 0 fully saturated rings. The van der Waals surface area contributed by atoms with Crippen molar-refractivity contribution in [1.29, 1.82) is 0 Å². The Hall–Kier alpha value is -3.47. The summed E-state index contributed by atoms with van der Waals surface area (Å²) >= 11 is 0. The normalized spacial score (nSPS) is 10.9. The van der Waals surface area contributed by atoms with Crippen LogP contribution < -0.4 is 14.2 Å². The highest BCUT2D eigenvalue weighted by molar-refractivity contribution is 5.75. The molecule has 0 aliphatic rings. The topological polar surface area (TPSA) is 45.5 Å². The van der Waals surface area contributed by atoms with Crippen LogP contribution in [0.15, 0.2) is 72.8 Å². The highest BCUT2D eigenvalue weighted by Gasteiger charge is 2.11. The molecular weight excluding hydrogens is 376 g/mol. The van der Waals surface area contributed by atoms with Crippen molar-refractivity contribution >= 4 is 11.0 Å². The first-order valence-corrected chi connectivity index (χ1v) is 10.1. The lowest BCUT2D eigenvalue weighted by Crippen LogP contribution is -2.10. The second-order valence-corrected chi connectivity index (χ2v) is 7.15. The molecule has 0 spiro atoms. The largest absolute Gasteiger partial charge is 0.497 e. The predicted molar refractivity (Wildman–Crippen MR) is 118 cm³/mol. The van der Waals surface area contributed by atoms with Gasteiger partial charge < -0.3 is 18.8 Å². The second kappa shape index (κ2) is 9.35. The third-order valence-electron chi connectivity index (χ3n) is 4.93. The maximum atomic E-state index is 6.00. The van der Waals surface area contributed by atoms with Crippen molar-refractivity contribution in [3.63, 3.8) is 0 Å². The zero-order chi connectivity index (χ0) is 20.8. The average Bonchev–Trinajstić information content (AvgIpc) is 3.13. The van der Waals surface area contributed by atoms with Crippen LogP contribution in [-0.4, -0.2) is 23.3 Å². The molecule has 30 heavy (non-hydrogen) atoms. The third-order valence-corrected chi connectivity index (χ3v) is 4.93. The Balaban J connectivity index is 1.44. The van der Waals surface area contributed by atoms with Gasteiger partial charge in [-0.25, -0.2) is 4.98 Å².